The number of rotatable bonds is 19. The molecule has 208 valence electrons. The molecule has 0 saturated carbocycles. The zero-order chi connectivity index (χ0) is 28.9. The minimum absolute atomic E-state index is 0.0751. The number of carbonyl (C=O) groups excluding carboxylic acids is 1. The van der Waals surface area contributed by atoms with Gasteiger partial charge < -0.3 is 25.5 Å². The Balaban J connectivity index is 3.63. The normalized spacial score (nSPS) is 13.5. The van der Waals surface area contributed by atoms with Crippen LogP contribution in [0.3, 0.4) is 0 Å². The Hall–Kier alpha value is -4.17. The lowest BCUT2D eigenvalue weighted by Crippen LogP contribution is -2.64. The van der Waals surface area contributed by atoms with Crippen LogP contribution in [0.2, 0.25) is 0 Å². The van der Waals surface area contributed by atoms with E-state index in [1.807, 2.05) is 0 Å². The molecule has 0 aliphatic rings. The number of hydrogen-bond donors (Lipinski definition) is 5. The molecule has 1 rings (SSSR count). The highest BCUT2D eigenvalue weighted by atomic mass is 16.4. The number of carboxylic acids is 5. The van der Waals surface area contributed by atoms with Crippen LogP contribution in [-0.4, -0.2) is 134 Å². The molecule has 5 N–H and O–H groups in total. The van der Waals surface area contributed by atoms with E-state index in [2.05, 4.69) is 4.99 Å². The lowest BCUT2D eigenvalue weighted by atomic mass is 9.86. The highest BCUT2D eigenvalue weighted by Crippen LogP contribution is 2.29. The third-order valence-electron chi connectivity index (χ3n) is 5.62. The molecule has 2 atom stereocenters. The fourth-order valence-electron chi connectivity index (χ4n) is 4.11. The Bertz CT molecular complexity index is 1010. The van der Waals surface area contributed by atoms with Crippen LogP contribution in [0.1, 0.15) is 12.5 Å². The Kier molecular flexibility index (Phi) is 12.7. The number of carboxylic acid groups (broad SMARTS) is 5. The van der Waals surface area contributed by atoms with E-state index >= 15 is 0 Å². The monoisotopic (exact) mass is 538 g/mol. The van der Waals surface area contributed by atoms with E-state index in [0.717, 1.165) is 14.7 Å². The van der Waals surface area contributed by atoms with Crippen molar-refractivity contribution in [3.8, 4) is 0 Å². The van der Waals surface area contributed by atoms with Gasteiger partial charge in [0.05, 0.1) is 38.3 Å². The quantitative estimate of drug-likeness (QED) is 0.105. The third kappa shape index (κ3) is 10.8. The molecule has 0 aliphatic carbocycles. The van der Waals surface area contributed by atoms with Crippen molar-refractivity contribution >= 4 is 35.9 Å². The van der Waals surface area contributed by atoms with Gasteiger partial charge in [-0.25, -0.2) is 4.79 Å². The summed E-state index contributed by atoms with van der Waals surface area (Å²) < 4.78 is 0. The molecule has 0 heterocycles. The number of aliphatic carboxylic acids is 5. The van der Waals surface area contributed by atoms with Crippen LogP contribution in [0.25, 0.3) is 0 Å². The molecular formula is C23H30N4O11. The molecule has 0 spiro atoms. The van der Waals surface area contributed by atoms with Crippen LogP contribution in [0.5, 0.6) is 0 Å². The molecule has 1 aromatic carbocycles. The van der Waals surface area contributed by atoms with Crippen molar-refractivity contribution in [1.82, 2.24) is 14.7 Å². The summed E-state index contributed by atoms with van der Waals surface area (Å²) in [6.07, 6.45) is -0.212. The molecule has 15 heteroatoms. The van der Waals surface area contributed by atoms with Gasteiger partial charge in [0.1, 0.15) is 6.17 Å². The van der Waals surface area contributed by atoms with E-state index in [0.29, 0.717) is 5.56 Å². The van der Waals surface area contributed by atoms with Crippen molar-refractivity contribution in [2.75, 3.05) is 45.8 Å². The van der Waals surface area contributed by atoms with Crippen LogP contribution in [0.15, 0.2) is 35.3 Å². The first kappa shape index (κ1) is 31.9. The van der Waals surface area contributed by atoms with Gasteiger partial charge in [-0.2, -0.15) is 4.99 Å². The van der Waals surface area contributed by atoms with Gasteiger partial charge in [-0.3, -0.25) is 38.7 Å². The molecular weight excluding hydrogens is 508 g/mol. The Morgan fingerprint density at radius 2 is 1.26 bits per heavy atom. The largest absolute Gasteiger partial charge is 0.480 e. The van der Waals surface area contributed by atoms with E-state index in [-0.39, 0.29) is 19.5 Å². The van der Waals surface area contributed by atoms with Crippen molar-refractivity contribution in [2.45, 2.75) is 25.0 Å². The second-order valence-corrected chi connectivity index (χ2v) is 8.62. The zero-order valence-electron chi connectivity index (χ0n) is 20.6. The fourth-order valence-corrected chi connectivity index (χ4v) is 4.11. The zero-order valence-corrected chi connectivity index (χ0v) is 20.6. The van der Waals surface area contributed by atoms with Gasteiger partial charge in [0.25, 0.3) is 0 Å². The molecule has 38 heavy (non-hydrogen) atoms. The summed E-state index contributed by atoms with van der Waals surface area (Å²) in [5.41, 5.74) is -1.02. The van der Waals surface area contributed by atoms with E-state index in [9.17, 15) is 44.1 Å². The summed E-state index contributed by atoms with van der Waals surface area (Å²) in [4.78, 5) is 75.9. The summed E-state index contributed by atoms with van der Waals surface area (Å²) in [6, 6.07) is 8.41. The van der Waals surface area contributed by atoms with Crippen LogP contribution >= 0.6 is 0 Å². The van der Waals surface area contributed by atoms with Crippen LogP contribution < -0.4 is 0 Å². The van der Waals surface area contributed by atoms with E-state index in [1.165, 1.54) is 13.0 Å². The van der Waals surface area contributed by atoms with Gasteiger partial charge in [-0.1, -0.05) is 30.3 Å². The van der Waals surface area contributed by atoms with Gasteiger partial charge >= 0.3 is 29.8 Å². The predicted octanol–water partition coefficient (Wildman–Crippen LogP) is -1.02. The molecule has 0 fully saturated rings. The number of aliphatic imine (C=N–C) groups is 1. The van der Waals surface area contributed by atoms with E-state index < -0.39 is 74.3 Å². The first-order valence-electron chi connectivity index (χ1n) is 11.2. The molecule has 0 radical (unpaired) electrons. The third-order valence-corrected chi connectivity index (χ3v) is 5.62. The second-order valence-electron chi connectivity index (χ2n) is 8.62. The number of benzene rings is 1. The lowest BCUT2D eigenvalue weighted by molar-refractivity contribution is -0.148. The molecule has 0 bridgehead atoms. The number of carbonyl (C=O) groups is 5. The van der Waals surface area contributed by atoms with Crippen molar-refractivity contribution in [3.63, 3.8) is 0 Å². The number of nitrogens with zero attached hydrogens (tertiary/aromatic N) is 4. The van der Waals surface area contributed by atoms with Gasteiger partial charge in [0, 0.05) is 13.1 Å². The number of isocyanates is 1. The SMILES string of the molecule is CC(Cc1ccccc1)(C(N=C=O)N(CCN(CC(=O)O)CC(=O)O)CC(=O)O)N(CC(=O)O)CC(=O)O. The molecule has 15 nitrogen and oxygen atoms in total. The second kappa shape index (κ2) is 15.2. The predicted molar refractivity (Wildman–Crippen MR) is 128 cm³/mol. The average Bonchev–Trinajstić information content (AvgIpc) is 2.78. The molecule has 0 aromatic heterocycles. The van der Waals surface area contributed by atoms with E-state index in [1.54, 1.807) is 30.3 Å². The topological polar surface area (TPSA) is 226 Å². The first-order chi connectivity index (χ1) is 17.8. The fraction of sp³-hybridized carbons (Fsp3) is 0.478. The smallest absolute Gasteiger partial charge is 0.317 e. The standard InChI is InChI=1S/C23H30N4O11/c1-23(9-16-5-3-2-4-6-16,27(13-20(35)36)14-21(37)38)22(24-15-28)26(12-19(33)34)8-7-25(10-17(29)30)11-18(31)32/h2-6,22H,7-14H2,1H3,(H,29,30)(H,31,32)(H,33,34)(H,35,36)(H,37,38). The Morgan fingerprint density at radius 3 is 1.68 bits per heavy atom. The molecule has 0 aliphatic heterocycles. The Labute approximate surface area is 217 Å². The van der Waals surface area contributed by atoms with Crippen LogP contribution in [-0.2, 0) is 35.2 Å². The summed E-state index contributed by atoms with van der Waals surface area (Å²) in [7, 11) is 0. The minimum Gasteiger partial charge on any atom is -0.480 e. The summed E-state index contributed by atoms with van der Waals surface area (Å²) in [5, 5.41) is 46.8. The van der Waals surface area contributed by atoms with Crippen molar-refractivity contribution in [1.29, 1.82) is 0 Å². The van der Waals surface area contributed by atoms with Crippen molar-refractivity contribution < 1.29 is 54.3 Å². The summed E-state index contributed by atoms with van der Waals surface area (Å²) in [5.74, 6) is -6.83. The maximum absolute atomic E-state index is 11.7. The van der Waals surface area contributed by atoms with Gasteiger partial charge in [-0.15, -0.1) is 0 Å². The number of hydrogen-bond acceptors (Lipinski definition) is 10. The van der Waals surface area contributed by atoms with Gasteiger partial charge in [0.2, 0.25) is 6.08 Å². The van der Waals surface area contributed by atoms with Crippen molar-refractivity contribution in [3.05, 3.63) is 35.9 Å². The highest BCUT2D eigenvalue weighted by Gasteiger charge is 2.45. The van der Waals surface area contributed by atoms with Crippen LogP contribution in [0, 0.1) is 0 Å². The summed E-state index contributed by atoms with van der Waals surface area (Å²) >= 11 is 0. The Morgan fingerprint density at radius 1 is 0.789 bits per heavy atom. The molecule has 1 aromatic rings. The van der Waals surface area contributed by atoms with E-state index in [4.69, 9.17) is 10.2 Å². The van der Waals surface area contributed by atoms with Gasteiger partial charge in [0.15, 0.2) is 0 Å². The molecule has 2 unspecified atom stereocenters. The van der Waals surface area contributed by atoms with Crippen LogP contribution in [0.4, 0.5) is 0 Å². The minimum atomic E-state index is -1.62. The average molecular weight is 539 g/mol. The van der Waals surface area contributed by atoms with Crippen molar-refractivity contribution in [2.24, 2.45) is 4.99 Å². The summed E-state index contributed by atoms with van der Waals surface area (Å²) in [6.45, 7) is -2.91. The lowest BCUT2D eigenvalue weighted by Gasteiger charge is -2.47. The molecule has 0 saturated heterocycles. The maximum Gasteiger partial charge on any atom is 0.317 e. The molecule has 0 amide bonds. The van der Waals surface area contributed by atoms with Gasteiger partial charge in [-0.05, 0) is 18.9 Å². The first-order valence-corrected chi connectivity index (χ1v) is 11.2. The highest BCUT2D eigenvalue weighted by molar-refractivity contribution is 5.73. The maximum atomic E-state index is 11.7.